The number of ether oxygens (including phenoxy) is 3. The first-order valence-electron chi connectivity index (χ1n) is 22.0. The highest BCUT2D eigenvalue weighted by Crippen LogP contribution is 2.55. The normalized spacial score (nSPS) is 19.7. The number of benzene rings is 3. The van der Waals surface area contributed by atoms with E-state index in [1.54, 1.807) is 14.2 Å². The van der Waals surface area contributed by atoms with Gasteiger partial charge in [-0.2, -0.15) is 5.26 Å². The van der Waals surface area contributed by atoms with Crippen LogP contribution in [-0.2, 0) is 28.2 Å². The molecule has 1 aliphatic carbocycles. The molecule has 0 aromatic heterocycles. The highest BCUT2D eigenvalue weighted by atomic mass is 31.2. The van der Waals surface area contributed by atoms with Gasteiger partial charge in [-0.3, -0.25) is 0 Å². The minimum absolute atomic E-state index is 0.0200. The van der Waals surface area contributed by atoms with Gasteiger partial charge in [0.05, 0.1) is 58.2 Å². The van der Waals surface area contributed by atoms with Crippen LogP contribution in [0.1, 0.15) is 105 Å². The smallest absolute Gasteiger partial charge is 0.259 e. The maximum atomic E-state index is 9.54. The fourth-order valence-corrected chi connectivity index (χ4v) is 12.1. The molecule has 0 saturated heterocycles. The van der Waals surface area contributed by atoms with Gasteiger partial charge >= 0.3 is 0 Å². The minimum atomic E-state index is -2.36. The Labute approximate surface area is 373 Å². The van der Waals surface area contributed by atoms with E-state index in [0.717, 1.165) is 28.2 Å². The summed E-state index contributed by atoms with van der Waals surface area (Å²) in [6.45, 7) is 32.9. The number of rotatable bonds is 21. The second-order valence-electron chi connectivity index (χ2n) is 20.3. The molecule has 1 saturated carbocycles. The van der Waals surface area contributed by atoms with Gasteiger partial charge in [0.1, 0.15) is 17.1 Å². The molecular formula is C49H77N2O7PSi2. The van der Waals surface area contributed by atoms with Crippen molar-refractivity contribution in [1.82, 2.24) is 4.67 Å². The van der Waals surface area contributed by atoms with E-state index >= 15 is 0 Å². The SMILES string of the molecule is COc1ccc(C(OC[C@H]2CC(CO[Si](C)(C)C(C)(C)C)(O[Si](C)(C)C(C)(C)C)C[C@@H]2OP(OCCC#N)N(C(C)C)C(C)C)(c2ccccc2)c2ccc(OC)cc2)cc1. The van der Waals surface area contributed by atoms with E-state index in [-0.39, 0.29) is 47.2 Å². The zero-order valence-corrected chi connectivity index (χ0v) is 43.2. The van der Waals surface area contributed by atoms with E-state index in [1.807, 2.05) is 30.3 Å². The molecular weight excluding hydrogens is 816 g/mol. The molecule has 0 N–H and O–H groups in total. The van der Waals surface area contributed by atoms with Crippen LogP contribution in [0.3, 0.4) is 0 Å². The summed E-state index contributed by atoms with van der Waals surface area (Å²) >= 11 is 0. The Balaban J connectivity index is 1.94. The minimum Gasteiger partial charge on any atom is -0.497 e. The molecule has 0 aliphatic heterocycles. The largest absolute Gasteiger partial charge is 0.497 e. The topological polar surface area (TPSA) is 91.6 Å². The van der Waals surface area contributed by atoms with Crippen LogP contribution >= 0.6 is 8.53 Å². The van der Waals surface area contributed by atoms with Crippen molar-refractivity contribution in [3.63, 3.8) is 0 Å². The molecule has 0 radical (unpaired) electrons. The van der Waals surface area contributed by atoms with Crippen LogP contribution in [0, 0.1) is 17.2 Å². The summed E-state index contributed by atoms with van der Waals surface area (Å²) in [6.07, 6.45) is 1.28. The van der Waals surface area contributed by atoms with Crippen LogP contribution in [0.4, 0.5) is 0 Å². The first-order chi connectivity index (χ1) is 28.5. The third kappa shape index (κ3) is 12.3. The summed E-state index contributed by atoms with van der Waals surface area (Å²) in [4.78, 5) is 0. The van der Waals surface area contributed by atoms with E-state index in [9.17, 15) is 5.26 Å². The van der Waals surface area contributed by atoms with Crippen molar-refractivity contribution in [1.29, 1.82) is 5.26 Å². The molecule has 0 bridgehead atoms. The van der Waals surface area contributed by atoms with Gasteiger partial charge in [0, 0.05) is 24.4 Å². The molecule has 4 atom stereocenters. The maximum absolute atomic E-state index is 9.54. The number of nitriles is 1. The van der Waals surface area contributed by atoms with Crippen molar-refractivity contribution in [2.45, 2.75) is 154 Å². The Morgan fingerprint density at radius 1 is 0.738 bits per heavy atom. The van der Waals surface area contributed by atoms with Crippen molar-refractivity contribution < 1.29 is 32.1 Å². The molecule has 1 fully saturated rings. The molecule has 1 aliphatic rings. The van der Waals surface area contributed by atoms with Crippen LogP contribution < -0.4 is 9.47 Å². The van der Waals surface area contributed by atoms with Gasteiger partial charge < -0.3 is 32.1 Å². The van der Waals surface area contributed by atoms with E-state index in [1.165, 1.54) is 0 Å². The van der Waals surface area contributed by atoms with E-state index in [0.29, 0.717) is 26.1 Å². The van der Waals surface area contributed by atoms with Gasteiger partial charge in [0.2, 0.25) is 0 Å². The lowest BCUT2D eigenvalue weighted by atomic mass is 9.79. The number of hydrogen-bond donors (Lipinski definition) is 0. The summed E-state index contributed by atoms with van der Waals surface area (Å²) in [5.41, 5.74) is 1.29. The average Bonchev–Trinajstić information content (AvgIpc) is 3.53. The van der Waals surface area contributed by atoms with Crippen LogP contribution in [-0.4, -0.2) is 79.1 Å². The Kier molecular flexibility index (Phi) is 17.5. The Hall–Kier alpha value is -2.63. The van der Waals surface area contributed by atoms with Crippen LogP contribution in [0.15, 0.2) is 78.9 Å². The maximum Gasteiger partial charge on any atom is 0.259 e. The number of nitrogens with zero attached hydrogens (tertiary/aromatic N) is 2. The van der Waals surface area contributed by atoms with Crippen molar-refractivity contribution >= 4 is 25.2 Å². The fourth-order valence-electron chi connectivity index (χ4n) is 7.69. The van der Waals surface area contributed by atoms with E-state index < -0.39 is 36.4 Å². The summed E-state index contributed by atoms with van der Waals surface area (Å²) < 4.78 is 50.1. The first kappa shape index (κ1) is 51.0. The lowest BCUT2D eigenvalue weighted by Gasteiger charge is -2.46. The lowest BCUT2D eigenvalue weighted by Crippen LogP contribution is -2.53. The molecule has 12 heteroatoms. The van der Waals surface area contributed by atoms with Gasteiger partial charge in [0.15, 0.2) is 16.6 Å². The van der Waals surface area contributed by atoms with Crippen molar-refractivity contribution in [3.05, 3.63) is 95.6 Å². The molecule has 0 amide bonds. The highest BCUT2D eigenvalue weighted by molar-refractivity contribution is 7.44. The van der Waals surface area contributed by atoms with Crippen molar-refractivity contribution in [2.75, 3.05) is 34.0 Å². The quantitative estimate of drug-likeness (QED) is 0.0449. The Bertz CT molecular complexity index is 1780. The van der Waals surface area contributed by atoms with Gasteiger partial charge in [0.25, 0.3) is 8.53 Å². The van der Waals surface area contributed by atoms with Crippen molar-refractivity contribution in [3.8, 4) is 17.6 Å². The van der Waals surface area contributed by atoms with Gasteiger partial charge in [-0.1, -0.05) is 96.1 Å². The van der Waals surface area contributed by atoms with Gasteiger partial charge in [-0.25, -0.2) is 4.67 Å². The van der Waals surface area contributed by atoms with Gasteiger partial charge in [-0.05, 0) is 111 Å². The first-order valence-corrected chi connectivity index (χ1v) is 29.0. The fraction of sp³-hybridized carbons (Fsp3) is 0.612. The summed E-state index contributed by atoms with van der Waals surface area (Å²) in [5.74, 6) is 1.42. The monoisotopic (exact) mass is 893 g/mol. The zero-order chi connectivity index (χ0) is 45.4. The summed E-state index contributed by atoms with van der Waals surface area (Å²) in [5, 5.41) is 9.53. The zero-order valence-electron chi connectivity index (χ0n) is 40.3. The van der Waals surface area contributed by atoms with E-state index in [2.05, 4.69) is 155 Å². The van der Waals surface area contributed by atoms with Crippen LogP contribution in [0.5, 0.6) is 11.5 Å². The molecule has 9 nitrogen and oxygen atoms in total. The highest BCUT2D eigenvalue weighted by Gasteiger charge is 2.55. The summed E-state index contributed by atoms with van der Waals surface area (Å²) in [6, 6.07) is 29.4. The Morgan fingerprint density at radius 2 is 1.23 bits per heavy atom. The predicted molar refractivity (Wildman–Crippen MR) is 255 cm³/mol. The average molecular weight is 893 g/mol. The molecule has 2 unspecified atom stereocenters. The molecule has 3 aromatic rings. The van der Waals surface area contributed by atoms with Crippen LogP contribution in [0.25, 0.3) is 0 Å². The molecule has 3 aromatic carbocycles. The van der Waals surface area contributed by atoms with Gasteiger partial charge in [-0.15, -0.1) is 0 Å². The molecule has 4 rings (SSSR count). The standard InChI is InChI=1S/C49H77N2O7PSi2/c1-37(2)51(38(3)4)59(55-32-20-31-50)57-45-34-48(58-61(15,16)47(8,9)10,36-56-60(13,14)46(5,6)7)33-39(45)35-54-49(40-21-18-17-19-22-40,41-23-27-43(52-11)28-24-41)42-25-29-44(53-12)30-26-42/h17-19,21-30,37-39,45H,20,32-36H2,1-16H3/t39-,45+,48?,59?/m1/s1. The molecule has 0 heterocycles. The second kappa shape index (κ2) is 20.9. The second-order valence-corrected chi connectivity index (χ2v) is 31.2. The summed E-state index contributed by atoms with van der Waals surface area (Å²) in [7, 11) is -2.75. The molecule has 338 valence electrons. The predicted octanol–water partition coefficient (Wildman–Crippen LogP) is 12.9. The van der Waals surface area contributed by atoms with Crippen LogP contribution in [0.2, 0.25) is 36.3 Å². The van der Waals surface area contributed by atoms with E-state index in [4.69, 9.17) is 32.1 Å². The number of methoxy groups -OCH3 is 2. The third-order valence-corrected chi connectivity index (χ3v) is 24.3. The molecule has 0 spiro atoms. The Morgan fingerprint density at radius 3 is 1.67 bits per heavy atom. The van der Waals surface area contributed by atoms with Crippen molar-refractivity contribution in [2.24, 2.45) is 5.92 Å². The lowest BCUT2D eigenvalue weighted by molar-refractivity contribution is -0.0309. The molecule has 61 heavy (non-hydrogen) atoms. The third-order valence-electron chi connectivity index (χ3n) is 13.1. The number of hydrogen-bond acceptors (Lipinski definition) is 9.